The van der Waals surface area contributed by atoms with Crippen LogP contribution in [0, 0.1) is 11.2 Å². The molecule has 2 N–H and O–H groups in total. The van der Waals surface area contributed by atoms with Gasteiger partial charge in [-0.2, -0.15) is 0 Å². The summed E-state index contributed by atoms with van der Waals surface area (Å²) in [4.78, 5) is 11.1. The third-order valence-electron chi connectivity index (χ3n) is 3.71. The number of hydrogen-bond donors (Lipinski definition) is 2. The number of rotatable bonds is 5. The zero-order chi connectivity index (χ0) is 20.2. The SMILES string of the molecule is N=C/N=c1/nc(-c2cccc(F)c2)cc(Sc2nnc(-c3cccc(Cl)c3)o2)[nH]1. The van der Waals surface area contributed by atoms with Crippen LogP contribution in [0.4, 0.5) is 4.39 Å². The maximum absolute atomic E-state index is 13.6. The van der Waals surface area contributed by atoms with Crippen LogP contribution in [0.25, 0.3) is 22.7 Å². The van der Waals surface area contributed by atoms with E-state index < -0.39 is 0 Å². The molecule has 4 rings (SSSR count). The van der Waals surface area contributed by atoms with Crippen molar-refractivity contribution in [3.05, 3.63) is 71.1 Å². The molecule has 0 fully saturated rings. The number of benzene rings is 2. The minimum Gasteiger partial charge on any atom is -0.411 e. The van der Waals surface area contributed by atoms with Gasteiger partial charge in [0.05, 0.1) is 10.7 Å². The zero-order valence-electron chi connectivity index (χ0n) is 14.6. The summed E-state index contributed by atoms with van der Waals surface area (Å²) >= 11 is 7.17. The van der Waals surface area contributed by atoms with Crippen LogP contribution >= 0.6 is 23.4 Å². The molecule has 0 amide bonds. The van der Waals surface area contributed by atoms with Crippen LogP contribution in [0.15, 0.2) is 74.3 Å². The molecule has 4 aromatic rings. The normalized spacial score (nSPS) is 11.6. The third kappa shape index (κ3) is 4.58. The van der Waals surface area contributed by atoms with Crippen molar-refractivity contribution in [1.82, 2.24) is 20.2 Å². The van der Waals surface area contributed by atoms with Gasteiger partial charge in [0.15, 0.2) is 0 Å². The summed E-state index contributed by atoms with van der Waals surface area (Å²) in [5.41, 5.74) is 1.96. The monoisotopic (exact) mass is 426 g/mol. The molecule has 0 aliphatic heterocycles. The Morgan fingerprint density at radius 1 is 1.10 bits per heavy atom. The fourth-order valence-electron chi connectivity index (χ4n) is 2.50. The third-order valence-corrected chi connectivity index (χ3v) is 4.73. The van der Waals surface area contributed by atoms with Gasteiger partial charge in [-0.3, -0.25) is 5.41 Å². The Kier molecular flexibility index (Phi) is 5.50. The van der Waals surface area contributed by atoms with Crippen LogP contribution in [0.3, 0.4) is 0 Å². The molecule has 0 unspecified atom stereocenters. The first-order valence-corrected chi connectivity index (χ1v) is 9.47. The average Bonchev–Trinajstić information content (AvgIpc) is 3.17. The first-order chi connectivity index (χ1) is 14.1. The Balaban J connectivity index is 1.68. The van der Waals surface area contributed by atoms with Crippen LogP contribution in [0.5, 0.6) is 0 Å². The summed E-state index contributed by atoms with van der Waals surface area (Å²) in [5.74, 6) is -0.0428. The van der Waals surface area contributed by atoms with Crippen molar-refractivity contribution in [3.8, 4) is 22.7 Å². The summed E-state index contributed by atoms with van der Waals surface area (Å²) in [6.45, 7) is 0. The standard InChI is InChI=1S/C19H12ClFN6OS/c20-13-5-1-4-12(7-13)17-26-27-19(28-17)29-16-9-15(24-18(25-16)23-10-22)11-3-2-6-14(21)8-11/h1-10H,(H2,22,23,24,25). The van der Waals surface area contributed by atoms with E-state index in [0.717, 1.165) is 18.1 Å². The zero-order valence-corrected chi connectivity index (χ0v) is 16.2. The average molecular weight is 427 g/mol. The summed E-state index contributed by atoms with van der Waals surface area (Å²) in [5, 5.41) is 16.7. The highest BCUT2D eigenvalue weighted by Gasteiger charge is 2.12. The van der Waals surface area contributed by atoms with Gasteiger partial charge in [-0.05, 0) is 48.2 Å². The molecular weight excluding hydrogens is 415 g/mol. The molecule has 0 saturated heterocycles. The number of aromatic amines is 1. The second-order valence-electron chi connectivity index (χ2n) is 5.71. The van der Waals surface area contributed by atoms with Crippen molar-refractivity contribution in [2.24, 2.45) is 4.99 Å². The van der Waals surface area contributed by atoms with E-state index in [-0.39, 0.29) is 16.7 Å². The molecule has 0 saturated carbocycles. The Labute approximate surface area is 173 Å². The minimum atomic E-state index is -0.375. The second kappa shape index (κ2) is 8.38. The van der Waals surface area contributed by atoms with E-state index in [0.29, 0.717) is 32.8 Å². The number of nitrogens with one attached hydrogen (secondary N) is 2. The smallest absolute Gasteiger partial charge is 0.283 e. The van der Waals surface area contributed by atoms with Crippen molar-refractivity contribution in [2.75, 3.05) is 0 Å². The summed E-state index contributed by atoms with van der Waals surface area (Å²) < 4.78 is 19.3. The van der Waals surface area contributed by atoms with Crippen molar-refractivity contribution < 1.29 is 8.81 Å². The Bertz CT molecular complexity index is 1260. The number of hydrogen-bond acceptors (Lipinski definition) is 6. The molecule has 7 nitrogen and oxygen atoms in total. The van der Waals surface area contributed by atoms with Crippen LogP contribution < -0.4 is 5.62 Å². The number of halogens is 2. The van der Waals surface area contributed by atoms with Crippen LogP contribution in [-0.4, -0.2) is 26.5 Å². The van der Waals surface area contributed by atoms with E-state index in [1.165, 1.54) is 12.1 Å². The highest BCUT2D eigenvalue weighted by molar-refractivity contribution is 7.99. The number of nitrogens with zero attached hydrogens (tertiary/aromatic N) is 4. The molecule has 0 radical (unpaired) electrons. The fourth-order valence-corrected chi connectivity index (χ4v) is 3.39. The molecular formula is C19H12ClFN6OS. The van der Waals surface area contributed by atoms with Gasteiger partial charge in [0.2, 0.25) is 11.5 Å². The second-order valence-corrected chi connectivity index (χ2v) is 7.14. The Hall–Kier alpha value is -3.30. The molecule has 0 aliphatic rings. The fraction of sp³-hybridized carbons (Fsp3) is 0. The van der Waals surface area contributed by atoms with Gasteiger partial charge >= 0.3 is 0 Å². The number of aromatic nitrogens is 4. The minimum absolute atomic E-state index is 0.193. The van der Waals surface area contributed by atoms with Crippen LogP contribution in [0.2, 0.25) is 5.02 Å². The number of H-pyrrole nitrogens is 1. The van der Waals surface area contributed by atoms with E-state index in [9.17, 15) is 4.39 Å². The maximum Gasteiger partial charge on any atom is 0.283 e. The lowest BCUT2D eigenvalue weighted by Crippen LogP contribution is -2.14. The largest absolute Gasteiger partial charge is 0.411 e. The van der Waals surface area contributed by atoms with Gasteiger partial charge < -0.3 is 9.40 Å². The van der Waals surface area contributed by atoms with Crippen molar-refractivity contribution in [2.45, 2.75) is 10.2 Å². The van der Waals surface area contributed by atoms with Crippen LogP contribution in [-0.2, 0) is 0 Å². The molecule has 29 heavy (non-hydrogen) atoms. The lowest BCUT2D eigenvalue weighted by Gasteiger charge is -2.04. The van der Waals surface area contributed by atoms with Gasteiger partial charge in [0.1, 0.15) is 12.2 Å². The lowest BCUT2D eigenvalue weighted by molar-refractivity contribution is 0.465. The molecule has 2 aromatic carbocycles. The van der Waals surface area contributed by atoms with E-state index in [1.54, 1.807) is 36.4 Å². The van der Waals surface area contributed by atoms with Crippen molar-refractivity contribution >= 4 is 29.7 Å². The van der Waals surface area contributed by atoms with E-state index in [2.05, 4.69) is 25.2 Å². The predicted molar refractivity (Wildman–Crippen MR) is 107 cm³/mol. The van der Waals surface area contributed by atoms with Gasteiger partial charge in [-0.25, -0.2) is 14.4 Å². The Morgan fingerprint density at radius 3 is 2.72 bits per heavy atom. The Morgan fingerprint density at radius 2 is 1.93 bits per heavy atom. The van der Waals surface area contributed by atoms with Gasteiger partial charge in [0, 0.05) is 16.1 Å². The molecule has 144 valence electrons. The lowest BCUT2D eigenvalue weighted by atomic mass is 10.1. The van der Waals surface area contributed by atoms with Crippen LogP contribution in [0.1, 0.15) is 0 Å². The molecule has 10 heteroatoms. The summed E-state index contributed by atoms with van der Waals surface area (Å²) in [7, 11) is 0. The van der Waals surface area contributed by atoms with E-state index >= 15 is 0 Å². The first-order valence-electron chi connectivity index (χ1n) is 8.28. The summed E-state index contributed by atoms with van der Waals surface area (Å²) in [6.07, 6.45) is 0.868. The maximum atomic E-state index is 13.6. The topological polar surface area (TPSA) is 104 Å². The summed E-state index contributed by atoms with van der Waals surface area (Å²) in [6, 6.07) is 14.9. The molecule has 0 spiro atoms. The van der Waals surface area contributed by atoms with Crippen molar-refractivity contribution in [1.29, 1.82) is 5.41 Å². The van der Waals surface area contributed by atoms with Crippen molar-refractivity contribution in [3.63, 3.8) is 0 Å². The van der Waals surface area contributed by atoms with Gasteiger partial charge in [0.25, 0.3) is 5.22 Å². The van der Waals surface area contributed by atoms with E-state index in [1.807, 2.05) is 6.07 Å². The first kappa shape index (κ1) is 19.0. The highest BCUT2D eigenvalue weighted by Crippen LogP contribution is 2.30. The van der Waals surface area contributed by atoms with Gasteiger partial charge in [-0.1, -0.05) is 29.8 Å². The molecule has 0 atom stereocenters. The molecule has 2 aromatic heterocycles. The van der Waals surface area contributed by atoms with Gasteiger partial charge in [-0.15, -0.1) is 10.2 Å². The van der Waals surface area contributed by atoms with E-state index in [4.69, 9.17) is 21.4 Å². The quantitative estimate of drug-likeness (QED) is 0.276. The molecule has 0 aliphatic carbocycles. The molecule has 2 heterocycles. The molecule has 0 bridgehead atoms. The highest BCUT2D eigenvalue weighted by atomic mass is 35.5. The predicted octanol–water partition coefficient (Wildman–Crippen LogP) is 4.58.